The monoisotopic (exact) mass is 558 g/mol. The molecule has 8 aromatic carbocycles. The number of fused-ring (bicyclic) bond motifs is 5. The van der Waals surface area contributed by atoms with E-state index in [4.69, 9.17) is 0 Å². The zero-order valence-corrected chi connectivity index (χ0v) is 23.9. The summed E-state index contributed by atoms with van der Waals surface area (Å²) in [6.45, 7) is 0. The average molecular weight is 559 g/mol. The maximum absolute atomic E-state index is 2.44. The molecule has 0 saturated carbocycles. The Bertz CT molecular complexity index is 2670. The molecule has 0 spiro atoms. The molecule has 10 rings (SSSR count). The van der Waals surface area contributed by atoms with Crippen LogP contribution in [0.4, 0.5) is 0 Å². The van der Waals surface area contributed by atoms with Crippen molar-refractivity contribution in [3.63, 3.8) is 0 Å². The second-order valence-corrected chi connectivity index (χ2v) is 11.8. The summed E-state index contributed by atoms with van der Waals surface area (Å²) in [5.41, 5.74) is 8.48. The second-order valence-electron chi connectivity index (χ2n) is 11.8. The third kappa shape index (κ3) is 3.20. The molecule has 2 heterocycles. The maximum atomic E-state index is 2.44. The van der Waals surface area contributed by atoms with Gasteiger partial charge >= 0.3 is 0 Å². The van der Waals surface area contributed by atoms with Gasteiger partial charge in [0.1, 0.15) is 0 Å². The van der Waals surface area contributed by atoms with Gasteiger partial charge in [-0.1, -0.05) is 115 Å². The Labute approximate surface area is 254 Å². The van der Waals surface area contributed by atoms with Crippen LogP contribution in [0.3, 0.4) is 0 Å². The van der Waals surface area contributed by atoms with Gasteiger partial charge in [-0.15, -0.1) is 0 Å². The van der Waals surface area contributed by atoms with Crippen molar-refractivity contribution in [2.75, 3.05) is 0 Å². The van der Waals surface area contributed by atoms with E-state index in [1.165, 1.54) is 76.2 Å². The lowest BCUT2D eigenvalue weighted by molar-refractivity contribution is 1.12. The summed E-state index contributed by atoms with van der Waals surface area (Å²) in [6, 6.07) is 55.6. The van der Waals surface area contributed by atoms with E-state index in [-0.39, 0.29) is 0 Å². The molecule has 10 aromatic rings. The predicted octanol–water partition coefficient (Wildman–Crippen LogP) is 11.3. The number of benzene rings is 8. The molecule has 0 N–H and O–H groups in total. The molecular formula is C42H26N2. The normalized spacial score (nSPS) is 12.1. The van der Waals surface area contributed by atoms with Crippen molar-refractivity contribution in [3.8, 4) is 22.5 Å². The Balaban J connectivity index is 1.21. The van der Waals surface area contributed by atoms with Gasteiger partial charge in [-0.05, 0) is 79.8 Å². The first-order valence-corrected chi connectivity index (χ1v) is 15.2. The molecule has 2 nitrogen and oxygen atoms in total. The lowest BCUT2D eigenvalue weighted by atomic mass is 9.90. The van der Waals surface area contributed by atoms with Crippen LogP contribution in [0.15, 0.2) is 158 Å². The van der Waals surface area contributed by atoms with E-state index < -0.39 is 0 Å². The highest BCUT2D eigenvalue weighted by molar-refractivity contribution is 6.25. The van der Waals surface area contributed by atoms with Gasteiger partial charge < -0.3 is 9.13 Å². The summed E-state index contributed by atoms with van der Waals surface area (Å²) in [6.07, 6.45) is 2.19. The lowest BCUT2D eigenvalue weighted by Gasteiger charge is -2.15. The molecule has 2 heteroatoms. The Morgan fingerprint density at radius 2 is 1.05 bits per heavy atom. The fraction of sp³-hybridized carbons (Fsp3) is 0. The molecule has 0 aliphatic carbocycles. The van der Waals surface area contributed by atoms with Crippen molar-refractivity contribution in [2.24, 2.45) is 0 Å². The zero-order valence-electron chi connectivity index (χ0n) is 23.9. The highest BCUT2D eigenvalue weighted by Gasteiger charge is 2.18. The first-order valence-electron chi connectivity index (χ1n) is 15.2. The van der Waals surface area contributed by atoms with Crippen molar-refractivity contribution >= 4 is 65.0 Å². The third-order valence-corrected chi connectivity index (χ3v) is 9.48. The van der Waals surface area contributed by atoms with Crippen LogP contribution < -0.4 is 0 Å². The van der Waals surface area contributed by atoms with Gasteiger partial charge in [-0.25, -0.2) is 0 Å². The zero-order chi connectivity index (χ0) is 28.8. The van der Waals surface area contributed by atoms with Gasteiger partial charge in [0, 0.05) is 33.7 Å². The number of hydrogen-bond donors (Lipinski definition) is 0. The first-order chi connectivity index (χ1) is 21.8. The molecule has 0 saturated heterocycles. The minimum Gasteiger partial charge on any atom is -0.315 e. The Kier molecular flexibility index (Phi) is 4.75. The molecular weight excluding hydrogens is 532 g/mol. The second kappa shape index (κ2) is 8.82. The van der Waals surface area contributed by atoms with E-state index in [1.54, 1.807) is 0 Å². The smallest absolute Gasteiger partial charge is 0.0788 e. The summed E-state index contributed by atoms with van der Waals surface area (Å²) in [7, 11) is 0. The minimum atomic E-state index is 1.16. The molecule has 0 amide bonds. The fourth-order valence-electron chi connectivity index (χ4n) is 7.52. The predicted molar refractivity (Wildman–Crippen MR) is 187 cm³/mol. The summed E-state index contributed by atoms with van der Waals surface area (Å²) in [5.74, 6) is 0. The van der Waals surface area contributed by atoms with Crippen LogP contribution in [0.2, 0.25) is 0 Å². The van der Waals surface area contributed by atoms with Gasteiger partial charge in [0.05, 0.1) is 16.6 Å². The molecule has 0 bridgehead atoms. The number of para-hydroxylation sites is 2. The largest absolute Gasteiger partial charge is 0.315 e. The Hall–Kier alpha value is -5.86. The standard InChI is InChI=1S/C42H26N2/c1-2-9-32(10-3-1)43-26-25-31-19-24-37-35-11-4-5-12-38(35)44(42(37)41(31)43)33-20-15-27(16-21-33)34-22-17-30-14-13-28-7-6-8-29-18-23-36(34)40(30)39(28)29/h1-26H. The van der Waals surface area contributed by atoms with Crippen molar-refractivity contribution < 1.29 is 0 Å². The summed E-state index contributed by atoms with van der Waals surface area (Å²) < 4.78 is 4.77. The van der Waals surface area contributed by atoms with Crippen LogP contribution in [0.25, 0.3) is 87.5 Å². The molecule has 44 heavy (non-hydrogen) atoms. The number of rotatable bonds is 3. The van der Waals surface area contributed by atoms with E-state index in [0.717, 1.165) is 11.4 Å². The van der Waals surface area contributed by atoms with E-state index in [1.807, 2.05) is 0 Å². The van der Waals surface area contributed by atoms with E-state index >= 15 is 0 Å². The number of hydrogen-bond acceptors (Lipinski definition) is 0. The molecule has 0 unspecified atom stereocenters. The van der Waals surface area contributed by atoms with Gasteiger partial charge in [0.15, 0.2) is 0 Å². The van der Waals surface area contributed by atoms with Crippen molar-refractivity contribution in [2.45, 2.75) is 0 Å². The van der Waals surface area contributed by atoms with Crippen LogP contribution in [0.1, 0.15) is 0 Å². The fourth-order valence-corrected chi connectivity index (χ4v) is 7.52. The van der Waals surface area contributed by atoms with Gasteiger partial charge in [0.25, 0.3) is 0 Å². The van der Waals surface area contributed by atoms with Crippen molar-refractivity contribution in [1.29, 1.82) is 0 Å². The average Bonchev–Trinajstić information content (AvgIpc) is 3.67. The molecule has 0 radical (unpaired) electrons. The summed E-state index contributed by atoms with van der Waals surface area (Å²) in [5, 5.41) is 11.7. The van der Waals surface area contributed by atoms with Gasteiger partial charge in [0.2, 0.25) is 0 Å². The van der Waals surface area contributed by atoms with Crippen LogP contribution in [-0.4, -0.2) is 9.13 Å². The van der Waals surface area contributed by atoms with Crippen molar-refractivity contribution in [1.82, 2.24) is 9.13 Å². The SMILES string of the molecule is c1ccc(-n2ccc3ccc4c5ccccc5n(-c5ccc(-c6ccc7ccc8cccc9ccc6c7c89)cc5)c4c32)cc1. The summed E-state index contributed by atoms with van der Waals surface area (Å²) >= 11 is 0. The first kappa shape index (κ1) is 23.7. The van der Waals surface area contributed by atoms with Crippen LogP contribution in [-0.2, 0) is 0 Å². The molecule has 0 fully saturated rings. The van der Waals surface area contributed by atoms with Crippen molar-refractivity contribution in [3.05, 3.63) is 158 Å². The van der Waals surface area contributed by atoms with E-state index in [2.05, 4.69) is 167 Å². The molecule has 204 valence electrons. The maximum Gasteiger partial charge on any atom is 0.0788 e. The minimum absolute atomic E-state index is 1.16. The molecule has 0 aliphatic heterocycles. The van der Waals surface area contributed by atoms with Crippen LogP contribution >= 0.6 is 0 Å². The highest BCUT2D eigenvalue weighted by Crippen LogP contribution is 2.41. The molecule has 2 aromatic heterocycles. The van der Waals surface area contributed by atoms with Crippen LogP contribution in [0, 0.1) is 0 Å². The molecule has 0 atom stereocenters. The van der Waals surface area contributed by atoms with Gasteiger partial charge in [-0.3, -0.25) is 0 Å². The Morgan fingerprint density at radius 3 is 1.89 bits per heavy atom. The topological polar surface area (TPSA) is 9.86 Å². The van der Waals surface area contributed by atoms with Crippen LogP contribution in [0.5, 0.6) is 0 Å². The third-order valence-electron chi connectivity index (χ3n) is 9.48. The molecule has 0 aliphatic rings. The highest BCUT2D eigenvalue weighted by atomic mass is 15.0. The number of nitrogens with zero attached hydrogens (tertiary/aromatic N) is 2. The summed E-state index contributed by atoms with van der Waals surface area (Å²) in [4.78, 5) is 0. The number of aromatic nitrogens is 2. The van der Waals surface area contributed by atoms with Gasteiger partial charge in [-0.2, -0.15) is 0 Å². The Morgan fingerprint density at radius 1 is 0.364 bits per heavy atom. The van der Waals surface area contributed by atoms with E-state index in [9.17, 15) is 0 Å². The van der Waals surface area contributed by atoms with E-state index in [0.29, 0.717) is 0 Å². The lowest BCUT2D eigenvalue weighted by Crippen LogP contribution is -1.98. The quantitative estimate of drug-likeness (QED) is 0.191.